The number of hydrogen-bond acceptors (Lipinski definition) is 3. The molecule has 1 aromatic rings. The molecule has 0 unspecified atom stereocenters. The number of alkyl halides is 3. The summed E-state index contributed by atoms with van der Waals surface area (Å²) in [7, 11) is 0. The molecule has 0 spiro atoms. The maximum absolute atomic E-state index is 13.7. The number of nitriles is 1. The number of nitrogens with one attached hydrogen (secondary N) is 1. The molecule has 1 N–H and O–H groups in total. The van der Waals surface area contributed by atoms with Crippen molar-refractivity contribution >= 4 is 0 Å². The Morgan fingerprint density at radius 2 is 1.90 bits per heavy atom. The molecule has 0 aliphatic carbocycles. The van der Waals surface area contributed by atoms with Crippen LogP contribution in [0.3, 0.4) is 0 Å². The van der Waals surface area contributed by atoms with Crippen molar-refractivity contribution in [1.82, 2.24) is 5.32 Å². The molecular formula is C13H12F4N2O. The smallest absolute Gasteiger partial charge is 0.428 e. The number of ether oxygens (including phenoxy) is 1. The third kappa shape index (κ3) is 2.70. The van der Waals surface area contributed by atoms with E-state index in [9.17, 15) is 17.6 Å². The van der Waals surface area contributed by atoms with Crippen LogP contribution in [0.25, 0.3) is 0 Å². The van der Waals surface area contributed by atoms with Crippen LogP contribution in [0.4, 0.5) is 17.6 Å². The average molecular weight is 288 g/mol. The van der Waals surface area contributed by atoms with Gasteiger partial charge in [0, 0.05) is 12.8 Å². The van der Waals surface area contributed by atoms with Crippen LogP contribution in [0.15, 0.2) is 18.2 Å². The summed E-state index contributed by atoms with van der Waals surface area (Å²) < 4.78 is 58.4. The summed E-state index contributed by atoms with van der Waals surface area (Å²) in [5.41, 5.74) is -2.35. The predicted octanol–water partition coefficient (Wildman–Crippen LogP) is 2.76. The molecule has 0 radical (unpaired) electrons. The minimum absolute atomic E-state index is 0.0289. The fourth-order valence-electron chi connectivity index (χ4n) is 2.14. The van der Waals surface area contributed by atoms with Gasteiger partial charge in [-0.1, -0.05) is 0 Å². The first-order valence-corrected chi connectivity index (χ1v) is 6.04. The maximum Gasteiger partial charge on any atom is 0.428 e. The van der Waals surface area contributed by atoms with E-state index in [0.29, 0.717) is 0 Å². The third-order valence-electron chi connectivity index (χ3n) is 3.29. The minimum Gasteiger partial charge on any atom is -0.475 e. The van der Waals surface area contributed by atoms with E-state index in [0.717, 1.165) is 12.1 Å². The van der Waals surface area contributed by atoms with Gasteiger partial charge in [-0.2, -0.15) is 18.4 Å². The second kappa shape index (κ2) is 5.29. The highest BCUT2D eigenvalue weighted by molar-refractivity contribution is 5.36. The molecular weight excluding hydrogens is 276 g/mol. The zero-order valence-corrected chi connectivity index (χ0v) is 10.4. The van der Waals surface area contributed by atoms with Crippen molar-refractivity contribution in [3.63, 3.8) is 0 Å². The van der Waals surface area contributed by atoms with Gasteiger partial charge in [-0.05, 0) is 31.3 Å². The van der Waals surface area contributed by atoms with E-state index in [1.165, 1.54) is 6.07 Å². The summed E-state index contributed by atoms with van der Waals surface area (Å²) >= 11 is 0. The largest absolute Gasteiger partial charge is 0.475 e. The van der Waals surface area contributed by atoms with Crippen LogP contribution in [-0.4, -0.2) is 24.9 Å². The van der Waals surface area contributed by atoms with Crippen LogP contribution < -0.4 is 10.1 Å². The topological polar surface area (TPSA) is 45.0 Å². The van der Waals surface area contributed by atoms with E-state index < -0.39 is 23.3 Å². The monoisotopic (exact) mass is 288 g/mol. The highest BCUT2D eigenvalue weighted by Crippen LogP contribution is 2.41. The van der Waals surface area contributed by atoms with Gasteiger partial charge in [-0.15, -0.1) is 0 Å². The van der Waals surface area contributed by atoms with E-state index >= 15 is 0 Å². The molecule has 0 saturated carbocycles. The number of halogens is 4. The molecule has 108 valence electrons. The van der Waals surface area contributed by atoms with Crippen LogP contribution in [0.2, 0.25) is 0 Å². The molecule has 1 fully saturated rings. The molecule has 0 bridgehead atoms. The van der Waals surface area contributed by atoms with E-state index in [1.54, 1.807) is 6.07 Å². The second-order valence-corrected chi connectivity index (χ2v) is 4.60. The highest BCUT2D eigenvalue weighted by atomic mass is 19.4. The first-order valence-electron chi connectivity index (χ1n) is 6.04. The molecule has 2 rings (SSSR count). The van der Waals surface area contributed by atoms with Crippen molar-refractivity contribution in [2.24, 2.45) is 0 Å². The molecule has 0 aromatic heterocycles. The summed E-state index contributed by atoms with van der Waals surface area (Å²) in [6.45, 7) is 0.300. The first kappa shape index (κ1) is 14.6. The Hall–Kier alpha value is -1.81. The summed E-state index contributed by atoms with van der Waals surface area (Å²) in [4.78, 5) is 0. The molecule has 1 aliphatic heterocycles. The number of hydrogen-bond donors (Lipinski definition) is 1. The summed E-state index contributed by atoms with van der Waals surface area (Å²) in [5.74, 6) is -1.45. The zero-order chi connectivity index (χ0) is 14.8. The van der Waals surface area contributed by atoms with Crippen molar-refractivity contribution in [2.75, 3.05) is 13.1 Å². The summed E-state index contributed by atoms with van der Waals surface area (Å²) in [5, 5.41) is 11.4. The van der Waals surface area contributed by atoms with Gasteiger partial charge in [-0.25, -0.2) is 4.39 Å². The van der Waals surface area contributed by atoms with E-state index in [-0.39, 0.29) is 31.5 Å². The Bertz CT molecular complexity index is 530. The number of benzene rings is 1. The van der Waals surface area contributed by atoms with Gasteiger partial charge in [0.05, 0.1) is 11.6 Å². The van der Waals surface area contributed by atoms with E-state index in [1.807, 2.05) is 0 Å². The first-order chi connectivity index (χ1) is 9.38. The van der Waals surface area contributed by atoms with Crippen molar-refractivity contribution < 1.29 is 22.3 Å². The van der Waals surface area contributed by atoms with Crippen LogP contribution >= 0.6 is 0 Å². The quantitative estimate of drug-likeness (QED) is 0.851. The molecule has 7 heteroatoms. The zero-order valence-electron chi connectivity index (χ0n) is 10.4. The molecule has 1 aliphatic rings. The second-order valence-electron chi connectivity index (χ2n) is 4.60. The van der Waals surface area contributed by atoms with Crippen molar-refractivity contribution in [2.45, 2.75) is 24.6 Å². The number of piperidine rings is 1. The van der Waals surface area contributed by atoms with Crippen LogP contribution in [0.1, 0.15) is 18.4 Å². The highest BCUT2D eigenvalue weighted by Gasteiger charge is 2.57. The lowest BCUT2D eigenvalue weighted by Crippen LogP contribution is -2.56. The van der Waals surface area contributed by atoms with E-state index in [4.69, 9.17) is 10.00 Å². The molecule has 1 saturated heterocycles. The lowest BCUT2D eigenvalue weighted by molar-refractivity contribution is -0.256. The molecule has 3 nitrogen and oxygen atoms in total. The standard InChI is InChI=1S/C13H12F4N2O/c14-10-7-9(8-18)1-2-11(10)20-12(13(15,16)17)3-5-19-6-4-12/h1-2,7,19H,3-6H2. The summed E-state index contributed by atoms with van der Waals surface area (Å²) in [6, 6.07) is 4.86. The lowest BCUT2D eigenvalue weighted by Gasteiger charge is -2.39. The molecule has 0 amide bonds. The van der Waals surface area contributed by atoms with Gasteiger partial charge in [0.25, 0.3) is 0 Å². The lowest BCUT2D eigenvalue weighted by atomic mass is 9.91. The van der Waals surface area contributed by atoms with Gasteiger partial charge in [0.1, 0.15) is 0 Å². The number of rotatable bonds is 2. The van der Waals surface area contributed by atoms with Crippen LogP contribution in [0.5, 0.6) is 5.75 Å². The van der Waals surface area contributed by atoms with Gasteiger partial charge in [0.2, 0.25) is 5.60 Å². The van der Waals surface area contributed by atoms with Crippen molar-refractivity contribution in [3.05, 3.63) is 29.6 Å². The average Bonchev–Trinajstić information content (AvgIpc) is 2.41. The Balaban J connectivity index is 2.31. The normalized spacial score (nSPS) is 18.4. The number of nitrogens with zero attached hydrogens (tertiary/aromatic N) is 1. The Kier molecular flexibility index (Phi) is 3.86. The van der Waals surface area contributed by atoms with Crippen molar-refractivity contribution in [3.8, 4) is 11.8 Å². The van der Waals surface area contributed by atoms with Crippen LogP contribution in [-0.2, 0) is 0 Å². The van der Waals surface area contributed by atoms with Crippen molar-refractivity contribution in [1.29, 1.82) is 5.26 Å². The maximum atomic E-state index is 13.7. The molecule has 0 atom stereocenters. The SMILES string of the molecule is N#Cc1ccc(OC2(C(F)(F)F)CCNCC2)c(F)c1. The minimum atomic E-state index is -4.59. The van der Waals surface area contributed by atoms with Gasteiger partial charge in [0.15, 0.2) is 11.6 Å². The predicted molar refractivity (Wildman–Crippen MR) is 62.6 cm³/mol. The summed E-state index contributed by atoms with van der Waals surface area (Å²) in [6.07, 6.45) is -5.15. The Morgan fingerprint density at radius 1 is 1.25 bits per heavy atom. The fraction of sp³-hybridized carbons (Fsp3) is 0.462. The van der Waals surface area contributed by atoms with Gasteiger partial charge < -0.3 is 10.1 Å². The Morgan fingerprint density at radius 3 is 2.40 bits per heavy atom. The van der Waals surface area contributed by atoms with E-state index in [2.05, 4.69) is 5.32 Å². The molecule has 20 heavy (non-hydrogen) atoms. The fourth-order valence-corrected chi connectivity index (χ4v) is 2.14. The molecule has 1 heterocycles. The Labute approximate surface area is 113 Å². The third-order valence-corrected chi connectivity index (χ3v) is 3.29. The van der Waals surface area contributed by atoms with Crippen LogP contribution in [0, 0.1) is 17.1 Å². The van der Waals surface area contributed by atoms with Gasteiger partial charge in [-0.3, -0.25) is 0 Å². The molecule has 1 aromatic carbocycles. The van der Waals surface area contributed by atoms with Gasteiger partial charge >= 0.3 is 6.18 Å².